The van der Waals surface area contributed by atoms with Crippen LogP contribution in [0.1, 0.15) is 36.6 Å². The molecule has 0 aliphatic carbocycles. The maximum atomic E-state index is 6.56. The smallest absolute Gasteiger partial charge is 0.208 e. The van der Waals surface area contributed by atoms with Crippen LogP contribution in [0.3, 0.4) is 0 Å². The Kier molecular flexibility index (Phi) is 3.00. The fourth-order valence-electron chi connectivity index (χ4n) is 4.22. The Morgan fingerprint density at radius 3 is 2.79 bits per heavy atom. The molecule has 2 aromatic rings. The molecule has 24 heavy (non-hydrogen) atoms. The fourth-order valence-corrected chi connectivity index (χ4v) is 4.22. The normalized spacial score (nSPS) is 31.4. The number of quaternary nitrogens is 1. The van der Waals surface area contributed by atoms with Crippen LogP contribution >= 0.6 is 0 Å². The Bertz CT molecular complexity index is 776. The standard InChI is InChI=1S/C19H21N3O2/c1-21-10-8-19(9-11-21)22-16(14-5-2-3-6-17(14)24-19)13-15(20-22)18-7-4-12-23-18/h2-7,12,16H,8-11,13H2,1H3/p+1/t16-/m0/s1. The molecule has 0 radical (unpaired) electrons. The van der Waals surface area contributed by atoms with Crippen LogP contribution in [0.5, 0.6) is 5.75 Å². The molecular weight excluding hydrogens is 302 g/mol. The van der Waals surface area contributed by atoms with Crippen LogP contribution < -0.4 is 9.64 Å². The summed E-state index contributed by atoms with van der Waals surface area (Å²) in [5.74, 6) is 1.89. The van der Waals surface area contributed by atoms with Crippen LogP contribution in [0.15, 0.2) is 52.2 Å². The highest BCUT2D eigenvalue weighted by molar-refractivity contribution is 5.99. The van der Waals surface area contributed by atoms with Crippen LogP contribution in [0.4, 0.5) is 0 Å². The molecule has 4 heterocycles. The molecule has 124 valence electrons. The Labute approximate surface area is 141 Å². The number of benzene rings is 1. The first-order chi connectivity index (χ1) is 11.8. The molecule has 3 aliphatic heterocycles. The first-order valence-electron chi connectivity index (χ1n) is 8.75. The van der Waals surface area contributed by atoms with Gasteiger partial charge in [0.1, 0.15) is 17.2 Å². The number of piperidine rings is 1. The summed E-state index contributed by atoms with van der Waals surface area (Å²) in [6.45, 7) is 2.22. The predicted molar refractivity (Wildman–Crippen MR) is 90.1 cm³/mol. The second kappa shape index (κ2) is 5.11. The lowest BCUT2D eigenvalue weighted by atomic mass is 9.91. The van der Waals surface area contributed by atoms with E-state index in [1.807, 2.05) is 12.1 Å². The summed E-state index contributed by atoms with van der Waals surface area (Å²) in [7, 11) is 2.25. The summed E-state index contributed by atoms with van der Waals surface area (Å²) in [6, 6.07) is 12.6. The van der Waals surface area contributed by atoms with Crippen molar-refractivity contribution in [3.63, 3.8) is 0 Å². The van der Waals surface area contributed by atoms with E-state index in [0.29, 0.717) is 0 Å². The van der Waals surface area contributed by atoms with E-state index in [2.05, 4.69) is 36.3 Å². The van der Waals surface area contributed by atoms with Gasteiger partial charge < -0.3 is 14.1 Å². The van der Waals surface area contributed by atoms with Crippen LogP contribution in [-0.2, 0) is 0 Å². The van der Waals surface area contributed by atoms with Gasteiger partial charge in [-0.05, 0) is 18.2 Å². The monoisotopic (exact) mass is 324 g/mol. The number of rotatable bonds is 1. The number of hydrazone groups is 1. The number of nitrogens with zero attached hydrogens (tertiary/aromatic N) is 2. The van der Waals surface area contributed by atoms with Crippen molar-refractivity contribution in [2.75, 3.05) is 20.1 Å². The van der Waals surface area contributed by atoms with E-state index in [1.54, 1.807) is 11.2 Å². The van der Waals surface area contributed by atoms with Gasteiger partial charge in [-0.1, -0.05) is 18.2 Å². The molecule has 0 saturated carbocycles. The largest absolute Gasteiger partial charge is 0.466 e. The number of hydrogen-bond donors (Lipinski definition) is 1. The molecule has 5 heteroatoms. The van der Waals surface area contributed by atoms with E-state index in [0.717, 1.165) is 49.6 Å². The molecule has 3 aliphatic rings. The van der Waals surface area contributed by atoms with E-state index in [4.69, 9.17) is 14.3 Å². The minimum Gasteiger partial charge on any atom is -0.466 e. The number of likely N-dealkylation sites (tertiary alicyclic amines) is 1. The summed E-state index contributed by atoms with van der Waals surface area (Å²) in [4.78, 5) is 1.56. The zero-order valence-electron chi connectivity index (χ0n) is 13.9. The molecule has 0 unspecified atom stereocenters. The first kappa shape index (κ1) is 14.1. The maximum Gasteiger partial charge on any atom is 0.208 e. The quantitative estimate of drug-likeness (QED) is 0.870. The molecule has 1 N–H and O–H groups in total. The van der Waals surface area contributed by atoms with Crippen molar-refractivity contribution in [2.24, 2.45) is 5.10 Å². The average molecular weight is 324 g/mol. The molecule has 5 rings (SSSR count). The molecule has 1 atom stereocenters. The number of ether oxygens (including phenoxy) is 1. The molecule has 1 aromatic heterocycles. The van der Waals surface area contributed by atoms with Crippen LogP contribution in [0.25, 0.3) is 0 Å². The molecule has 5 nitrogen and oxygen atoms in total. The third-order valence-electron chi connectivity index (χ3n) is 5.60. The van der Waals surface area contributed by atoms with Gasteiger partial charge in [-0.2, -0.15) is 5.10 Å². The highest BCUT2D eigenvalue weighted by atomic mass is 16.5. The Morgan fingerprint density at radius 1 is 1.17 bits per heavy atom. The highest BCUT2D eigenvalue weighted by Crippen LogP contribution is 2.49. The minimum atomic E-state index is -0.313. The zero-order valence-corrected chi connectivity index (χ0v) is 13.9. The van der Waals surface area contributed by atoms with E-state index >= 15 is 0 Å². The average Bonchev–Trinajstić information content (AvgIpc) is 3.27. The summed E-state index contributed by atoms with van der Waals surface area (Å²) >= 11 is 0. The molecule has 0 bridgehead atoms. The molecule has 1 spiro atoms. The fraction of sp³-hybridized carbons (Fsp3) is 0.421. The van der Waals surface area contributed by atoms with E-state index < -0.39 is 0 Å². The maximum absolute atomic E-state index is 6.56. The van der Waals surface area contributed by atoms with Crippen molar-refractivity contribution < 1.29 is 14.1 Å². The topological polar surface area (TPSA) is 42.4 Å². The van der Waals surface area contributed by atoms with Crippen molar-refractivity contribution in [3.8, 4) is 5.75 Å². The summed E-state index contributed by atoms with van der Waals surface area (Å²) < 4.78 is 12.2. The number of hydrogen-bond acceptors (Lipinski definition) is 4. The van der Waals surface area contributed by atoms with Crippen molar-refractivity contribution in [1.82, 2.24) is 5.01 Å². The Morgan fingerprint density at radius 2 is 2.00 bits per heavy atom. The number of fused-ring (bicyclic) bond motifs is 4. The van der Waals surface area contributed by atoms with Gasteiger partial charge in [0.05, 0.1) is 45.3 Å². The second-order valence-corrected chi connectivity index (χ2v) is 7.13. The van der Waals surface area contributed by atoms with Crippen LogP contribution in [0, 0.1) is 0 Å². The van der Waals surface area contributed by atoms with E-state index in [9.17, 15) is 0 Å². The van der Waals surface area contributed by atoms with Gasteiger partial charge >= 0.3 is 0 Å². The summed E-state index contributed by atoms with van der Waals surface area (Å²) in [5, 5.41) is 7.21. The van der Waals surface area contributed by atoms with Crippen molar-refractivity contribution in [3.05, 3.63) is 54.0 Å². The van der Waals surface area contributed by atoms with Gasteiger partial charge in [0.25, 0.3) is 0 Å². The molecule has 1 fully saturated rings. The number of para-hydroxylation sites is 1. The highest BCUT2D eigenvalue weighted by Gasteiger charge is 2.52. The molecule has 0 amide bonds. The lowest BCUT2D eigenvalue weighted by Gasteiger charge is -2.49. The molecular formula is C19H22N3O2+. The predicted octanol–water partition coefficient (Wildman–Crippen LogP) is 1.83. The summed E-state index contributed by atoms with van der Waals surface area (Å²) in [6.07, 6.45) is 4.59. The number of nitrogens with one attached hydrogen (secondary N) is 1. The van der Waals surface area contributed by atoms with Gasteiger partial charge in [0, 0.05) is 12.0 Å². The van der Waals surface area contributed by atoms with E-state index in [1.165, 1.54) is 5.56 Å². The third kappa shape index (κ3) is 2.01. The zero-order chi connectivity index (χ0) is 16.1. The first-order valence-corrected chi connectivity index (χ1v) is 8.75. The lowest BCUT2D eigenvalue weighted by Crippen LogP contribution is -3.11. The van der Waals surface area contributed by atoms with Crippen molar-refractivity contribution in [2.45, 2.75) is 31.0 Å². The minimum absolute atomic E-state index is 0.244. The van der Waals surface area contributed by atoms with Gasteiger partial charge in [-0.3, -0.25) is 0 Å². The molecule has 1 aromatic carbocycles. The van der Waals surface area contributed by atoms with Crippen molar-refractivity contribution in [1.29, 1.82) is 0 Å². The van der Waals surface area contributed by atoms with Gasteiger partial charge in [-0.25, -0.2) is 5.01 Å². The third-order valence-corrected chi connectivity index (χ3v) is 5.60. The lowest BCUT2D eigenvalue weighted by molar-refractivity contribution is -0.888. The van der Waals surface area contributed by atoms with Gasteiger partial charge in [-0.15, -0.1) is 0 Å². The van der Waals surface area contributed by atoms with Crippen molar-refractivity contribution >= 4 is 5.71 Å². The van der Waals surface area contributed by atoms with Crippen LogP contribution in [-0.4, -0.2) is 36.6 Å². The van der Waals surface area contributed by atoms with Gasteiger partial charge in [0.15, 0.2) is 0 Å². The van der Waals surface area contributed by atoms with E-state index in [-0.39, 0.29) is 11.8 Å². The summed E-state index contributed by atoms with van der Waals surface area (Å²) in [5.41, 5.74) is 1.95. The Balaban J connectivity index is 1.59. The van der Waals surface area contributed by atoms with Gasteiger partial charge in [0.2, 0.25) is 5.72 Å². The SMILES string of the molecule is C[NH+]1CCC2(CC1)Oc1ccccc1[C@@H]1CC(c3ccco3)=NN12. The van der Waals surface area contributed by atoms with Crippen LogP contribution in [0.2, 0.25) is 0 Å². The number of furan rings is 1. The Hall–Kier alpha value is -2.27. The second-order valence-electron chi connectivity index (χ2n) is 7.13. The molecule has 1 saturated heterocycles.